The van der Waals surface area contributed by atoms with Crippen molar-refractivity contribution < 1.29 is 9.50 Å². The van der Waals surface area contributed by atoms with Gasteiger partial charge in [0, 0.05) is 35.1 Å². The molecule has 1 aromatic carbocycles. The van der Waals surface area contributed by atoms with Crippen LogP contribution in [-0.4, -0.2) is 35.7 Å². The van der Waals surface area contributed by atoms with Crippen molar-refractivity contribution in [2.45, 2.75) is 19.4 Å². The highest BCUT2D eigenvalue weighted by molar-refractivity contribution is 14.0. The van der Waals surface area contributed by atoms with Crippen molar-refractivity contribution in [1.82, 2.24) is 15.6 Å². The monoisotopic (exact) mass is 536 g/mol. The van der Waals surface area contributed by atoms with E-state index in [0.717, 1.165) is 34.3 Å². The van der Waals surface area contributed by atoms with Crippen LogP contribution in [0.15, 0.2) is 41.5 Å². The maximum atomic E-state index is 13.3. The van der Waals surface area contributed by atoms with Crippen molar-refractivity contribution in [2.75, 3.05) is 19.6 Å². The third-order valence-corrected chi connectivity index (χ3v) is 5.44. The smallest absolute Gasteiger partial charge is 0.191 e. The summed E-state index contributed by atoms with van der Waals surface area (Å²) in [4.78, 5) is 8.34. The molecule has 1 unspecified atom stereocenters. The van der Waals surface area contributed by atoms with E-state index in [1.165, 1.54) is 23.5 Å². The summed E-state index contributed by atoms with van der Waals surface area (Å²) in [6.07, 6.45) is 1.99. The zero-order valence-corrected chi connectivity index (χ0v) is 19.2. The summed E-state index contributed by atoms with van der Waals surface area (Å²) in [7, 11) is 0. The second-order valence-corrected chi connectivity index (χ2v) is 7.80. The molecule has 0 fully saturated rings. The molecule has 2 heterocycles. The molecule has 0 amide bonds. The first kappa shape index (κ1) is 22.9. The molecule has 1 atom stereocenters. The summed E-state index contributed by atoms with van der Waals surface area (Å²) in [5.41, 5.74) is 1.91. The summed E-state index contributed by atoms with van der Waals surface area (Å²) >= 11 is 7.26. The fourth-order valence-corrected chi connectivity index (χ4v) is 3.84. The van der Waals surface area contributed by atoms with Crippen molar-refractivity contribution in [3.63, 3.8) is 0 Å². The van der Waals surface area contributed by atoms with E-state index in [0.29, 0.717) is 16.8 Å². The van der Waals surface area contributed by atoms with E-state index >= 15 is 0 Å². The van der Waals surface area contributed by atoms with Crippen LogP contribution in [0.1, 0.15) is 23.5 Å². The molecule has 0 saturated heterocycles. The maximum absolute atomic E-state index is 13.3. The number of hydrogen-bond donors (Lipinski definition) is 4. The number of guanidine groups is 1. The van der Waals surface area contributed by atoms with Crippen molar-refractivity contribution >= 4 is 63.8 Å². The largest absolute Gasteiger partial charge is 0.386 e. The van der Waals surface area contributed by atoms with Gasteiger partial charge in [0.15, 0.2) is 5.96 Å². The van der Waals surface area contributed by atoms with E-state index in [-0.39, 0.29) is 36.3 Å². The van der Waals surface area contributed by atoms with Gasteiger partial charge in [0.25, 0.3) is 0 Å². The second kappa shape index (κ2) is 11.0. The third kappa shape index (κ3) is 6.07. The van der Waals surface area contributed by atoms with Gasteiger partial charge >= 0.3 is 0 Å². The Labute approximate surface area is 189 Å². The van der Waals surface area contributed by atoms with Gasteiger partial charge in [-0.25, -0.2) is 4.39 Å². The van der Waals surface area contributed by atoms with Gasteiger partial charge < -0.3 is 20.7 Å². The Morgan fingerprint density at radius 1 is 1.32 bits per heavy atom. The lowest BCUT2D eigenvalue weighted by molar-refractivity contribution is 0.191. The summed E-state index contributed by atoms with van der Waals surface area (Å²) < 4.78 is 13.9. The fourth-order valence-electron chi connectivity index (χ4n) is 2.80. The second-order valence-electron chi connectivity index (χ2n) is 6.06. The lowest BCUT2D eigenvalue weighted by Crippen LogP contribution is -2.38. The number of aliphatic hydroxyl groups excluding tert-OH is 1. The minimum Gasteiger partial charge on any atom is -0.386 e. The number of benzene rings is 1. The molecule has 3 rings (SSSR count). The van der Waals surface area contributed by atoms with Crippen molar-refractivity contribution in [2.24, 2.45) is 4.99 Å². The standard InChI is InChI=1S/C19H22ClFN4OS.HI/c1-2-22-19(25-11-16(26)17-5-6-18(20)27-17)23-8-7-12-10-24-15-9-13(21)3-4-14(12)15;/h3-6,9-10,16,24,26H,2,7-8,11H2,1H3,(H2,22,23,25);1H. The van der Waals surface area contributed by atoms with Gasteiger partial charge in [0.05, 0.1) is 10.9 Å². The molecule has 152 valence electrons. The molecule has 5 nitrogen and oxygen atoms in total. The average Bonchev–Trinajstić information content (AvgIpc) is 3.25. The number of fused-ring (bicyclic) bond motifs is 1. The van der Waals surface area contributed by atoms with E-state index < -0.39 is 6.10 Å². The predicted molar refractivity (Wildman–Crippen MR) is 126 cm³/mol. The molecule has 2 aromatic heterocycles. The molecular weight excluding hydrogens is 514 g/mol. The number of rotatable bonds is 7. The Morgan fingerprint density at radius 3 is 2.86 bits per heavy atom. The highest BCUT2D eigenvalue weighted by atomic mass is 127. The minimum absolute atomic E-state index is 0. The number of aliphatic hydroxyl groups is 1. The van der Waals surface area contributed by atoms with Crippen molar-refractivity contribution in [3.8, 4) is 0 Å². The zero-order valence-electron chi connectivity index (χ0n) is 15.3. The van der Waals surface area contributed by atoms with Gasteiger partial charge in [-0.15, -0.1) is 35.3 Å². The average molecular weight is 537 g/mol. The first-order chi connectivity index (χ1) is 13.1. The third-order valence-electron chi connectivity index (χ3n) is 4.11. The molecule has 0 bridgehead atoms. The molecule has 0 aliphatic carbocycles. The van der Waals surface area contributed by atoms with Crippen LogP contribution in [0.25, 0.3) is 10.9 Å². The Hall–Kier alpha value is -1.36. The van der Waals surface area contributed by atoms with Gasteiger partial charge in [0.1, 0.15) is 11.9 Å². The van der Waals surface area contributed by atoms with Crippen molar-refractivity contribution in [1.29, 1.82) is 0 Å². The van der Waals surface area contributed by atoms with Crippen LogP contribution in [0.3, 0.4) is 0 Å². The summed E-state index contributed by atoms with van der Waals surface area (Å²) in [5, 5.41) is 17.7. The Balaban J connectivity index is 0.00000280. The SMILES string of the molecule is CCNC(=NCC(O)c1ccc(Cl)s1)NCCc1c[nH]c2cc(F)ccc12.I. The molecular formula is C19H23ClFIN4OS. The molecule has 0 aliphatic heterocycles. The number of nitrogens with zero attached hydrogens (tertiary/aromatic N) is 1. The van der Waals surface area contributed by atoms with Crippen LogP contribution in [-0.2, 0) is 6.42 Å². The molecule has 0 aliphatic rings. The highest BCUT2D eigenvalue weighted by Gasteiger charge is 2.10. The number of thiophene rings is 1. The number of aromatic amines is 1. The van der Waals surface area contributed by atoms with Gasteiger partial charge in [-0.1, -0.05) is 11.6 Å². The van der Waals surface area contributed by atoms with Gasteiger partial charge in [-0.2, -0.15) is 0 Å². The maximum Gasteiger partial charge on any atom is 0.191 e. The van der Waals surface area contributed by atoms with Crippen LogP contribution in [0.4, 0.5) is 4.39 Å². The first-order valence-corrected chi connectivity index (χ1v) is 9.97. The Kier molecular flexibility index (Phi) is 9.00. The lowest BCUT2D eigenvalue weighted by atomic mass is 10.1. The Bertz CT molecular complexity index is 930. The fraction of sp³-hybridized carbons (Fsp3) is 0.316. The van der Waals surface area contributed by atoms with Crippen LogP contribution in [0.2, 0.25) is 4.34 Å². The van der Waals surface area contributed by atoms with Crippen LogP contribution >= 0.6 is 46.9 Å². The molecule has 28 heavy (non-hydrogen) atoms. The lowest BCUT2D eigenvalue weighted by Gasteiger charge is -2.12. The molecule has 0 saturated carbocycles. The number of nitrogens with one attached hydrogen (secondary N) is 3. The predicted octanol–water partition coefficient (Wildman–Crippen LogP) is 4.47. The summed E-state index contributed by atoms with van der Waals surface area (Å²) in [5.74, 6) is 0.395. The van der Waals surface area contributed by atoms with Gasteiger partial charge in [-0.3, -0.25) is 4.99 Å². The molecule has 0 spiro atoms. The first-order valence-electron chi connectivity index (χ1n) is 8.78. The quantitative estimate of drug-likeness (QED) is 0.205. The highest BCUT2D eigenvalue weighted by Crippen LogP contribution is 2.26. The molecule has 0 radical (unpaired) electrons. The number of aromatic nitrogens is 1. The van der Waals surface area contributed by atoms with Crippen LogP contribution in [0, 0.1) is 5.82 Å². The molecule has 4 N–H and O–H groups in total. The van der Waals surface area contributed by atoms with E-state index in [9.17, 15) is 9.50 Å². The van der Waals surface area contributed by atoms with Gasteiger partial charge in [-0.05, 0) is 49.2 Å². The van der Waals surface area contributed by atoms with Crippen LogP contribution in [0.5, 0.6) is 0 Å². The normalized spacial score (nSPS) is 12.6. The number of halogens is 3. The number of hydrogen-bond acceptors (Lipinski definition) is 3. The molecule has 9 heteroatoms. The Morgan fingerprint density at radius 2 is 2.14 bits per heavy atom. The summed E-state index contributed by atoms with van der Waals surface area (Å²) in [6, 6.07) is 8.34. The minimum atomic E-state index is -0.679. The van der Waals surface area contributed by atoms with E-state index in [1.54, 1.807) is 12.1 Å². The zero-order chi connectivity index (χ0) is 19.2. The molecule has 3 aromatic rings. The number of aliphatic imine (C=N–C) groups is 1. The van der Waals surface area contributed by atoms with Gasteiger partial charge in [0.2, 0.25) is 0 Å². The van der Waals surface area contributed by atoms with E-state index in [2.05, 4.69) is 20.6 Å². The van der Waals surface area contributed by atoms with E-state index in [4.69, 9.17) is 11.6 Å². The number of H-pyrrole nitrogens is 1. The summed E-state index contributed by atoms with van der Waals surface area (Å²) in [6.45, 7) is 3.62. The van der Waals surface area contributed by atoms with Crippen LogP contribution < -0.4 is 10.6 Å². The van der Waals surface area contributed by atoms with Crippen molar-refractivity contribution in [3.05, 3.63) is 57.1 Å². The topological polar surface area (TPSA) is 72.4 Å². The van der Waals surface area contributed by atoms with E-state index in [1.807, 2.05) is 19.2 Å².